The molecule has 0 saturated heterocycles. The van der Waals surface area contributed by atoms with Gasteiger partial charge < -0.3 is 10.6 Å². The van der Waals surface area contributed by atoms with Crippen molar-refractivity contribution < 1.29 is 4.79 Å². The van der Waals surface area contributed by atoms with E-state index in [0.717, 1.165) is 39.4 Å². The first-order valence-corrected chi connectivity index (χ1v) is 10.7. The van der Waals surface area contributed by atoms with Crippen LogP contribution < -0.4 is 5.73 Å². The molecule has 2 N–H and O–H groups in total. The van der Waals surface area contributed by atoms with Gasteiger partial charge in [0.1, 0.15) is 0 Å². The summed E-state index contributed by atoms with van der Waals surface area (Å²) in [4.78, 5) is 21.0. The van der Waals surface area contributed by atoms with E-state index < -0.39 is 0 Å². The van der Waals surface area contributed by atoms with Gasteiger partial charge in [-0.25, -0.2) is 4.98 Å². The lowest BCUT2D eigenvalue weighted by atomic mass is 10.0. The van der Waals surface area contributed by atoms with Gasteiger partial charge in [-0.3, -0.25) is 4.79 Å². The summed E-state index contributed by atoms with van der Waals surface area (Å²) in [5.74, 6) is 0.0647. The number of rotatable bonds is 3. The van der Waals surface area contributed by atoms with E-state index in [9.17, 15) is 4.79 Å². The van der Waals surface area contributed by atoms with Gasteiger partial charge in [0, 0.05) is 36.5 Å². The number of aromatic nitrogens is 1. The zero-order valence-corrected chi connectivity index (χ0v) is 18.4. The molecule has 0 unspecified atom stereocenters. The van der Waals surface area contributed by atoms with Crippen LogP contribution in [0.25, 0.3) is 5.57 Å². The molecule has 150 valence electrons. The van der Waals surface area contributed by atoms with Crippen molar-refractivity contribution in [3.05, 3.63) is 68.7 Å². The van der Waals surface area contributed by atoms with Gasteiger partial charge in [-0.2, -0.15) is 0 Å². The third-order valence-corrected chi connectivity index (χ3v) is 5.70. The SMILES string of the molecule is C/C=C\C=C1/CN(C(=O)c2ccc(CN)c(C)c2)CCc2sc(C)nc21.CC. The zero-order chi connectivity index (χ0) is 20.7. The highest BCUT2D eigenvalue weighted by Crippen LogP contribution is 2.29. The normalized spacial score (nSPS) is 15.2. The first-order chi connectivity index (χ1) is 13.5. The highest BCUT2D eigenvalue weighted by molar-refractivity contribution is 7.11. The summed E-state index contributed by atoms with van der Waals surface area (Å²) in [5, 5.41) is 1.08. The van der Waals surface area contributed by atoms with Crippen LogP contribution in [0.2, 0.25) is 0 Å². The number of thiazole rings is 1. The molecule has 0 aliphatic carbocycles. The average molecular weight is 398 g/mol. The highest BCUT2D eigenvalue weighted by Gasteiger charge is 2.25. The molecule has 1 aliphatic heterocycles. The van der Waals surface area contributed by atoms with Crippen LogP contribution in [-0.2, 0) is 13.0 Å². The Morgan fingerprint density at radius 3 is 2.71 bits per heavy atom. The molecule has 0 radical (unpaired) electrons. The number of carbonyl (C=O) groups is 1. The summed E-state index contributed by atoms with van der Waals surface area (Å²) in [6, 6.07) is 5.79. The molecular weight excluding hydrogens is 366 g/mol. The van der Waals surface area contributed by atoms with Gasteiger partial charge in [-0.1, -0.05) is 38.1 Å². The number of aryl methyl sites for hydroxylation is 2. The lowest BCUT2D eigenvalue weighted by Gasteiger charge is -2.22. The lowest BCUT2D eigenvalue weighted by Crippen LogP contribution is -2.33. The minimum Gasteiger partial charge on any atom is -0.334 e. The van der Waals surface area contributed by atoms with Crippen molar-refractivity contribution in [3.8, 4) is 0 Å². The Morgan fingerprint density at radius 2 is 2.07 bits per heavy atom. The van der Waals surface area contributed by atoms with Crippen molar-refractivity contribution in [2.75, 3.05) is 13.1 Å². The first-order valence-electron chi connectivity index (χ1n) is 9.91. The third kappa shape index (κ3) is 4.97. The van der Waals surface area contributed by atoms with Crippen molar-refractivity contribution in [2.45, 2.75) is 47.6 Å². The van der Waals surface area contributed by atoms with Gasteiger partial charge in [0.05, 0.1) is 10.7 Å². The second-order valence-corrected chi connectivity index (χ2v) is 7.83. The molecule has 1 aromatic heterocycles. The minimum atomic E-state index is 0.0647. The van der Waals surface area contributed by atoms with Crippen LogP contribution >= 0.6 is 11.3 Å². The number of nitrogens with two attached hydrogens (primary N) is 1. The number of allylic oxidation sites excluding steroid dienone is 3. The largest absolute Gasteiger partial charge is 0.334 e. The molecule has 5 heteroatoms. The van der Waals surface area contributed by atoms with Gasteiger partial charge in [-0.05, 0) is 49.6 Å². The van der Waals surface area contributed by atoms with Gasteiger partial charge in [0.25, 0.3) is 5.91 Å². The van der Waals surface area contributed by atoms with Crippen LogP contribution in [0.4, 0.5) is 0 Å². The maximum absolute atomic E-state index is 13.1. The van der Waals surface area contributed by atoms with Crippen LogP contribution in [0.15, 0.2) is 36.4 Å². The summed E-state index contributed by atoms with van der Waals surface area (Å²) in [6.45, 7) is 11.8. The summed E-state index contributed by atoms with van der Waals surface area (Å²) < 4.78 is 0. The number of hydrogen-bond acceptors (Lipinski definition) is 4. The fourth-order valence-corrected chi connectivity index (χ4v) is 4.20. The Balaban J connectivity index is 0.00000136. The Labute approximate surface area is 172 Å². The number of fused-ring (bicyclic) bond motifs is 1. The van der Waals surface area contributed by atoms with E-state index in [4.69, 9.17) is 10.7 Å². The molecule has 3 rings (SSSR count). The summed E-state index contributed by atoms with van der Waals surface area (Å²) in [6.07, 6.45) is 6.94. The number of amides is 1. The summed E-state index contributed by atoms with van der Waals surface area (Å²) in [5.41, 5.74) is 10.8. The lowest BCUT2D eigenvalue weighted by molar-refractivity contribution is 0.0780. The van der Waals surface area contributed by atoms with Gasteiger partial charge in [-0.15, -0.1) is 11.3 Å². The van der Waals surface area contributed by atoms with Crippen LogP contribution in [0.5, 0.6) is 0 Å². The molecule has 0 saturated carbocycles. The second kappa shape index (κ2) is 10.3. The van der Waals surface area contributed by atoms with E-state index in [2.05, 4.69) is 6.08 Å². The quantitative estimate of drug-likeness (QED) is 0.801. The predicted octanol–water partition coefficient (Wildman–Crippen LogP) is 4.90. The van der Waals surface area contributed by atoms with Crippen LogP contribution in [-0.4, -0.2) is 28.9 Å². The Hall–Kier alpha value is -2.24. The van der Waals surface area contributed by atoms with Gasteiger partial charge in [0.2, 0.25) is 0 Å². The molecule has 2 heterocycles. The first kappa shape index (κ1) is 22.1. The molecule has 28 heavy (non-hydrogen) atoms. The standard InChI is InChI=1S/C21H25N3OS.C2H6/c1-4-5-6-18-13-24(10-9-19-20(18)23-15(3)26-19)21(25)16-7-8-17(12-22)14(2)11-16;1-2/h4-8,11H,9-10,12-13,22H2,1-3H3;1-2H3/b5-4-,18-6+;. The van der Waals surface area contributed by atoms with Crippen molar-refractivity contribution in [1.82, 2.24) is 9.88 Å². The predicted molar refractivity (Wildman–Crippen MR) is 120 cm³/mol. The monoisotopic (exact) mass is 397 g/mol. The van der Waals surface area contributed by atoms with Crippen molar-refractivity contribution >= 4 is 22.8 Å². The topological polar surface area (TPSA) is 59.2 Å². The number of nitrogens with zero attached hydrogens (tertiary/aromatic N) is 2. The molecule has 1 amide bonds. The fourth-order valence-electron chi connectivity index (χ4n) is 3.24. The van der Waals surface area contributed by atoms with Crippen LogP contribution in [0, 0.1) is 13.8 Å². The molecule has 0 spiro atoms. The molecule has 1 aliphatic rings. The zero-order valence-electron chi connectivity index (χ0n) is 17.6. The van der Waals surface area contributed by atoms with Gasteiger partial charge in [0.15, 0.2) is 0 Å². The maximum atomic E-state index is 13.1. The van der Waals surface area contributed by atoms with E-state index in [-0.39, 0.29) is 5.91 Å². The van der Waals surface area contributed by atoms with Crippen molar-refractivity contribution in [2.24, 2.45) is 5.73 Å². The van der Waals surface area contributed by atoms with Crippen LogP contribution in [0.1, 0.15) is 57.8 Å². The highest BCUT2D eigenvalue weighted by atomic mass is 32.1. The average Bonchev–Trinajstić information content (AvgIpc) is 3.00. The summed E-state index contributed by atoms with van der Waals surface area (Å²) >= 11 is 1.73. The fraction of sp³-hybridized carbons (Fsp3) is 0.391. The molecule has 1 aromatic carbocycles. The van der Waals surface area contributed by atoms with Crippen molar-refractivity contribution in [3.63, 3.8) is 0 Å². The van der Waals surface area contributed by atoms with E-state index in [1.165, 1.54) is 4.88 Å². The minimum absolute atomic E-state index is 0.0647. The van der Waals surface area contributed by atoms with E-state index in [0.29, 0.717) is 19.6 Å². The van der Waals surface area contributed by atoms with Gasteiger partial charge >= 0.3 is 0 Å². The second-order valence-electron chi connectivity index (χ2n) is 6.54. The van der Waals surface area contributed by atoms with E-state index >= 15 is 0 Å². The number of hydrogen-bond donors (Lipinski definition) is 1. The molecule has 4 nitrogen and oxygen atoms in total. The third-order valence-electron chi connectivity index (χ3n) is 4.66. The smallest absolute Gasteiger partial charge is 0.254 e. The van der Waals surface area contributed by atoms with Crippen molar-refractivity contribution in [1.29, 1.82) is 0 Å². The number of benzene rings is 1. The Kier molecular flexibility index (Phi) is 8.15. The Bertz CT molecular complexity index is 880. The molecule has 0 bridgehead atoms. The van der Waals surface area contributed by atoms with E-state index in [1.54, 1.807) is 11.3 Å². The molecular formula is C23H31N3OS. The molecule has 0 fully saturated rings. The van der Waals surface area contributed by atoms with E-state index in [1.807, 2.05) is 69.9 Å². The summed E-state index contributed by atoms with van der Waals surface area (Å²) in [7, 11) is 0. The van der Waals surface area contributed by atoms with Crippen LogP contribution in [0.3, 0.4) is 0 Å². The molecule has 2 aromatic rings. The molecule has 0 atom stereocenters. The maximum Gasteiger partial charge on any atom is 0.254 e. The number of carbonyl (C=O) groups excluding carboxylic acids is 1. The Morgan fingerprint density at radius 1 is 1.32 bits per heavy atom.